The van der Waals surface area contributed by atoms with Crippen LogP contribution in [0, 0.1) is 10.1 Å². The van der Waals surface area contributed by atoms with Crippen molar-refractivity contribution in [2.75, 3.05) is 28.2 Å². The van der Waals surface area contributed by atoms with Crippen LogP contribution in [0.4, 0.5) is 23.0 Å². The predicted octanol–water partition coefficient (Wildman–Crippen LogP) is 3.14. The van der Waals surface area contributed by atoms with Gasteiger partial charge in [0.15, 0.2) is 6.21 Å². The second kappa shape index (κ2) is 8.91. The molecule has 0 aliphatic heterocycles. The van der Waals surface area contributed by atoms with E-state index in [9.17, 15) is 27.4 Å². The number of nitro groups is 1. The van der Waals surface area contributed by atoms with Gasteiger partial charge in [0.25, 0.3) is 5.69 Å². The minimum atomic E-state index is -6.00. The third-order valence-electron chi connectivity index (χ3n) is 2.21. The summed E-state index contributed by atoms with van der Waals surface area (Å²) in [6.07, 6.45) is 3.95. The first-order valence-corrected chi connectivity index (χ1v) is 6.42. The highest BCUT2D eigenvalue weighted by Gasteiger charge is 2.20. The summed E-state index contributed by atoms with van der Waals surface area (Å²) in [5.41, 5.74) is 2.05. The van der Waals surface area contributed by atoms with Crippen molar-refractivity contribution in [2.45, 2.75) is 0 Å². The maximum absolute atomic E-state index is 10.6. The number of non-ortho nitro benzene ring substituents is 1. The summed E-state index contributed by atoms with van der Waals surface area (Å²) < 4.78 is 40.9. The van der Waals surface area contributed by atoms with Crippen LogP contribution in [0.15, 0.2) is 30.5 Å². The van der Waals surface area contributed by atoms with Crippen molar-refractivity contribution in [3.63, 3.8) is 0 Å². The molecule has 0 aliphatic rings. The van der Waals surface area contributed by atoms with Crippen LogP contribution in [0.25, 0.3) is 5.57 Å². The molecule has 5 nitrogen and oxygen atoms in total. The van der Waals surface area contributed by atoms with Crippen LogP contribution in [0.3, 0.4) is 0 Å². The fourth-order valence-electron chi connectivity index (χ4n) is 1.51. The zero-order valence-electron chi connectivity index (χ0n) is 13.2. The summed E-state index contributed by atoms with van der Waals surface area (Å²) in [4.78, 5) is 12.2. The lowest BCUT2D eigenvalue weighted by Crippen LogP contribution is -2.07. The van der Waals surface area contributed by atoms with Gasteiger partial charge in [-0.2, -0.15) is 0 Å². The van der Waals surface area contributed by atoms with E-state index in [2.05, 4.69) is 0 Å². The van der Waals surface area contributed by atoms with Crippen LogP contribution in [0.1, 0.15) is 5.56 Å². The van der Waals surface area contributed by atoms with Crippen molar-refractivity contribution in [1.29, 1.82) is 0 Å². The lowest BCUT2D eigenvalue weighted by atomic mass is 10.1. The van der Waals surface area contributed by atoms with Gasteiger partial charge in [0, 0.05) is 32.4 Å². The number of nitrogens with zero attached hydrogens (tertiary/aromatic N) is 3. The van der Waals surface area contributed by atoms with E-state index in [1.807, 2.05) is 50.1 Å². The lowest BCUT2D eigenvalue weighted by Gasteiger charge is -2.07. The number of halogens is 4. The summed E-state index contributed by atoms with van der Waals surface area (Å²) >= 11 is 0. The summed E-state index contributed by atoms with van der Waals surface area (Å²) in [6.45, 7) is 0. The van der Waals surface area contributed by atoms with Crippen LogP contribution < -0.4 is 0 Å². The molecule has 0 atom stereocenters. The zero-order valence-corrected chi connectivity index (χ0v) is 13.2. The molecule has 0 fully saturated rings. The van der Waals surface area contributed by atoms with E-state index in [1.54, 1.807) is 12.1 Å². The van der Waals surface area contributed by atoms with Crippen molar-refractivity contribution < 1.29 is 26.8 Å². The molecule has 0 spiro atoms. The van der Waals surface area contributed by atoms with Gasteiger partial charge in [0.2, 0.25) is 0 Å². The molecule has 0 aromatic heterocycles. The van der Waals surface area contributed by atoms with E-state index < -0.39 is 12.2 Å². The van der Waals surface area contributed by atoms with Crippen LogP contribution >= 0.6 is 0 Å². The normalized spacial score (nSPS) is 11.2. The fraction of sp³-hybridized carbons (Fsp3) is 0.308. The molecule has 0 saturated heterocycles. The predicted molar refractivity (Wildman–Crippen MR) is 83.1 cm³/mol. The summed E-state index contributed by atoms with van der Waals surface area (Å²) in [5, 5.41) is 10.6. The first-order valence-electron chi connectivity index (χ1n) is 6.42. The smallest absolute Gasteiger partial charge is 0.418 e. The van der Waals surface area contributed by atoms with E-state index >= 15 is 0 Å². The van der Waals surface area contributed by atoms with E-state index in [4.69, 9.17) is 0 Å². The molecule has 1 aromatic rings. The van der Waals surface area contributed by atoms with E-state index in [1.165, 1.54) is 12.1 Å². The van der Waals surface area contributed by atoms with Crippen molar-refractivity contribution in [3.8, 4) is 0 Å². The second-order valence-electron chi connectivity index (χ2n) is 4.94. The summed E-state index contributed by atoms with van der Waals surface area (Å²) in [5.74, 6) is 0. The number of allylic oxidation sites excluding steroid dienone is 1. The summed E-state index contributed by atoms with van der Waals surface area (Å²) in [7, 11) is 1.76. The fourth-order valence-corrected chi connectivity index (χ4v) is 1.51. The Balaban J connectivity index is 0.000000841. The lowest BCUT2D eigenvalue weighted by molar-refractivity contribution is -0.458. The maximum Gasteiger partial charge on any atom is 0.673 e. The monoisotopic (exact) mass is 335 g/mol. The van der Waals surface area contributed by atoms with Gasteiger partial charge in [-0.1, -0.05) is 0 Å². The molecule has 0 aliphatic carbocycles. The minimum Gasteiger partial charge on any atom is -0.418 e. The molecule has 10 heteroatoms. The van der Waals surface area contributed by atoms with Gasteiger partial charge < -0.3 is 22.2 Å². The second-order valence-corrected chi connectivity index (χ2v) is 4.94. The molecule has 0 N–H and O–H groups in total. The number of rotatable bonds is 4. The number of nitro benzene ring substituents is 1. The Kier molecular flexibility index (Phi) is 7.99. The number of hydrogen-bond donors (Lipinski definition) is 0. The third-order valence-corrected chi connectivity index (χ3v) is 2.21. The molecule has 128 valence electrons. The molecule has 0 unspecified atom stereocenters. The van der Waals surface area contributed by atoms with Gasteiger partial charge in [-0.15, -0.1) is 0 Å². The maximum atomic E-state index is 10.6. The van der Waals surface area contributed by atoms with E-state index in [0.717, 1.165) is 11.1 Å². The minimum absolute atomic E-state index is 0.104. The third kappa shape index (κ3) is 10.9. The van der Waals surface area contributed by atoms with Crippen molar-refractivity contribution in [2.24, 2.45) is 0 Å². The molecule has 0 saturated carbocycles. The van der Waals surface area contributed by atoms with Gasteiger partial charge >= 0.3 is 7.25 Å². The molecular formula is C13H18BF4N3O2. The van der Waals surface area contributed by atoms with Gasteiger partial charge in [0.1, 0.15) is 14.1 Å². The van der Waals surface area contributed by atoms with Crippen LogP contribution in [-0.2, 0) is 0 Å². The summed E-state index contributed by atoms with van der Waals surface area (Å²) in [6, 6.07) is 6.55. The van der Waals surface area contributed by atoms with Crippen molar-refractivity contribution in [3.05, 3.63) is 46.1 Å². The molecule has 0 bridgehead atoms. The Hall–Kier alpha value is -2.39. The Morgan fingerprint density at radius 1 is 1.13 bits per heavy atom. The molecular weight excluding hydrogens is 317 g/mol. The Labute approximate surface area is 131 Å². The number of benzene rings is 1. The average molecular weight is 335 g/mol. The van der Waals surface area contributed by atoms with Crippen molar-refractivity contribution >= 4 is 24.7 Å². The van der Waals surface area contributed by atoms with Crippen LogP contribution in [0.5, 0.6) is 0 Å². The first kappa shape index (κ1) is 20.6. The average Bonchev–Trinajstić information content (AvgIpc) is 2.35. The van der Waals surface area contributed by atoms with Crippen LogP contribution in [-0.4, -0.2) is 56.1 Å². The van der Waals surface area contributed by atoms with E-state index in [0.29, 0.717) is 0 Å². The van der Waals surface area contributed by atoms with Gasteiger partial charge in [-0.05, 0) is 17.7 Å². The highest BCUT2D eigenvalue weighted by molar-refractivity contribution is 6.50. The molecule has 1 aromatic carbocycles. The Bertz CT molecular complexity index is 574. The molecule has 23 heavy (non-hydrogen) atoms. The quantitative estimate of drug-likeness (QED) is 0.212. The first-order chi connectivity index (χ1) is 10.4. The molecule has 0 radical (unpaired) electrons. The standard InChI is InChI=1S/C13H18N3O2.BF4/c1-14(2)9-12(10-15(3)4)11-5-7-13(8-6-11)16(17)18;2-1(3,4)5/h5-10H,1-4H3;/q+1;-1. The molecule has 1 rings (SSSR count). The van der Waals surface area contributed by atoms with Crippen LogP contribution in [0.2, 0.25) is 0 Å². The van der Waals surface area contributed by atoms with Gasteiger partial charge in [0.05, 0.1) is 10.5 Å². The highest BCUT2D eigenvalue weighted by atomic mass is 19.5. The van der Waals surface area contributed by atoms with E-state index in [-0.39, 0.29) is 5.69 Å². The topological polar surface area (TPSA) is 49.4 Å². The zero-order chi connectivity index (χ0) is 18.2. The SMILES string of the molecule is CN(C)C=C(C=[N+](C)C)c1ccc([N+](=O)[O-])cc1.F[B-](F)(F)F. The molecule has 0 amide bonds. The Morgan fingerprint density at radius 3 is 1.87 bits per heavy atom. The van der Waals surface area contributed by atoms with Gasteiger partial charge in [-0.3, -0.25) is 10.1 Å². The largest absolute Gasteiger partial charge is 0.673 e. The van der Waals surface area contributed by atoms with Gasteiger partial charge in [-0.25, -0.2) is 4.58 Å². The number of hydrogen-bond acceptors (Lipinski definition) is 3. The highest BCUT2D eigenvalue weighted by Crippen LogP contribution is 2.17. The Morgan fingerprint density at radius 2 is 1.57 bits per heavy atom. The molecule has 0 heterocycles. The van der Waals surface area contributed by atoms with Crippen molar-refractivity contribution in [1.82, 2.24) is 4.90 Å².